The molecule has 0 saturated heterocycles. The average molecular weight is 347 g/mol. The minimum absolute atomic E-state index is 0.0514. The Morgan fingerprint density at radius 2 is 1.92 bits per heavy atom. The Morgan fingerprint density at radius 1 is 1.25 bits per heavy atom. The highest BCUT2D eigenvalue weighted by Gasteiger charge is 2.36. The third-order valence-corrected chi connectivity index (χ3v) is 3.71. The van der Waals surface area contributed by atoms with Crippen LogP contribution in [0.25, 0.3) is 0 Å². The van der Waals surface area contributed by atoms with Gasteiger partial charge in [-0.1, -0.05) is 19.8 Å². The molecule has 1 N–H and O–H groups in total. The number of hydrogen-bond acceptors (Lipinski definition) is 3. The second kappa shape index (κ2) is 8.37. The molecular formula is C17H24F3NO3. The molecule has 0 bridgehead atoms. The van der Waals surface area contributed by atoms with Crippen molar-refractivity contribution < 1.29 is 27.4 Å². The van der Waals surface area contributed by atoms with E-state index in [0.717, 1.165) is 18.9 Å². The number of amides is 1. The van der Waals surface area contributed by atoms with Crippen LogP contribution in [-0.4, -0.2) is 25.2 Å². The summed E-state index contributed by atoms with van der Waals surface area (Å²) in [6, 6.07) is 3.42. The number of methoxy groups -OCH3 is 1. The van der Waals surface area contributed by atoms with Crippen molar-refractivity contribution in [3.8, 4) is 5.75 Å². The Hall–Kier alpha value is -1.76. The van der Waals surface area contributed by atoms with E-state index in [9.17, 15) is 18.0 Å². The SMILES string of the molecule is CCCCC(C)(OCC)C(=O)Nc1ccc(OC)c(C(F)(F)F)c1. The molecule has 1 atom stereocenters. The molecule has 24 heavy (non-hydrogen) atoms. The van der Waals surface area contributed by atoms with Gasteiger partial charge in [0.15, 0.2) is 0 Å². The molecule has 1 rings (SSSR count). The van der Waals surface area contributed by atoms with Crippen molar-refractivity contribution in [2.75, 3.05) is 19.0 Å². The van der Waals surface area contributed by atoms with Gasteiger partial charge in [0.05, 0.1) is 12.7 Å². The molecule has 0 radical (unpaired) electrons. The largest absolute Gasteiger partial charge is 0.496 e. The van der Waals surface area contributed by atoms with Gasteiger partial charge in [-0.15, -0.1) is 0 Å². The highest BCUT2D eigenvalue weighted by atomic mass is 19.4. The summed E-state index contributed by atoms with van der Waals surface area (Å²) in [6.07, 6.45) is -2.42. The average Bonchev–Trinajstić information content (AvgIpc) is 2.52. The quantitative estimate of drug-likeness (QED) is 0.745. The molecule has 136 valence electrons. The lowest BCUT2D eigenvalue weighted by molar-refractivity contribution is -0.140. The number of benzene rings is 1. The number of hydrogen-bond donors (Lipinski definition) is 1. The van der Waals surface area contributed by atoms with Crippen LogP contribution in [0.2, 0.25) is 0 Å². The van der Waals surface area contributed by atoms with Crippen molar-refractivity contribution in [3.05, 3.63) is 23.8 Å². The Balaban J connectivity index is 3.04. The Labute approximate surface area is 140 Å². The van der Waals surface area contributed by atoms with Crippen molar-refractivity contribution in [3.63, 3.8) is 0 Å². The van der Waals surface area contributed by atoms with E-state index in [1.165, 1.54) is 19.2 Å². The van der Waals surface area contributed by atoms with Crippen LogP contribution < -0.4 is 10.1 Å². The summed E-state index contributed by atoms with van der Waals surface area (Å²) in [6.45, 7) is 5.75. The predicted octanol–water partition coefficient (Wildman–Crippen LogP) is 4.64. The topological polar surface area (TPSA) is 47.6 Å². The first-order valence-electron chi connectivity index (χ1n) is 7.88. The lowest BCUT2D eigenvalue weighted by Gasteiger charge is -2.28. The van der Waals surface area contributed by atoms with Crippen LogP contribution in [0.5, 0.6) is 5.75 Å². The van der Waals surface area contributed by atoms with Crippen LogP contribution >= 0.6 is 0 Å². The summed E-state index contributed by atoms with van der Waals surface area (Å²) >= 11 is 0. The van der Waals surface area contributed by atoms with Gasteiger partial charge in [0.2, 0.25) is 0 Å². The van der Waals surface area contributed by atoms with Gasteiger partial charge < -0.3 is 14.8 Å². The zero-order chi connectivity index (χ0) is 18.4. The molecule has 4 nitrogen and oxygen atoms in total. The Bertz CT molecular complexity index is 561. The van der Waals surface area contributed by atoms with Crippen LogP contribution in [0.15, 0.2) is 18.2 Å². The van der Waals surface area contributed by atoms with E-state index in [-0.39, 0.29) is 11.4 Å². The van der Waals surface area contributed by atoms with Crippen LogP contribution in [0.1, 0.15) is 45.6 Å². The molecule has 1 unspecified atom stereocenters. The van der Waals surface area contributed by atoms with Crippen LogP contribution in [-0.2, 0) is 15.7 Å². The molecule has 0 fully saturated rings. The van der Waals surface area contributed by atoms with Crippen molar-refractivity contribution in [1.29, 1.82) is 0 Å². The first-order valence-corrected chi connectivity index (χ1v) is 7.88. The van der Waals surface area contributed by atoms with Crippen LogP contribution in [0, 0.1) is 0 Å². The summed E-state index contributed by atoms with van der Waals surface area (Å²) < 4.78 is 49.5. The standard InChI is InChI=1S/C17H24F3NO3/c1-5-7-10-16(3,24-6-2)15(22)21-12-8-9-14(23-4)13(11-12)17(18,19)20/h8-9,11H,5-7,10H2,1-4H3,(H,21,22). The molecule has 1 aromatic rings. The third-order valence-electron chi connectivity index (χ3n) is 3.71. The summed E-state index contributed by atoms with van der Waals surface area (Å²) in [7, 11) is 1.17. The normalized spacial score (nSPS) is 14.1. The van der Waals surface area contributed by atoms with Gasteiger partial charge in [-0.05, 0) is 38.5 Å². The molecule has 0 aromatic heterocycles. The fourth-order valence-corrected chi connectivity index (χ4v) is 2.35. The number of carbonyl (C=O) groups excluding carboxylic acids is 1. The van der Waals surface area contributed by atoms with Gasteiger partial charge in [-0.3, -0.25) is 4.79 Å². The number of unbranched alkanes of at least 4 members (excludes halogenated alkanes) is 1. The summed E-state index contributed by atoms with van der Waals surface area (Å²) in [4.78, 5) is 12.5. The highest BCUT2D eigenvalue weighted by molar-refractivity contribution is 5.97. The number of nitrogens with one attached hydrogen (secondary N) is 1. The summed E-state index contributed by atoms with van der Waals surface area (Å²) in [5.74, 6) is -0.754. The number of halogens is 3. The fourth-order valence-electron chi connectivity index (χ4n) is 2.35. The number of ether oxygens (including phenoxy) is 2. The monoisotopic (exact) mass is 347 g/mol. The number of carbonyl (C=O) groups is 1. The van der Waals surface area contributed by atoms with Crippen molar-refractivity contribution >= 4 is 11.6 Å². The van der Waals surface area contributed by atoms with Crippen LogP contribution in [0.3, 0.4) is 0 Å². The van der Waals surface area contributed by atoms with E-state index >= 15 is 0 Å². The van der Waals surface area contributed by atoms with E-state index in [0.29, 0.717) is 13.0 Å². The maximum Gasteiger partial charge on any atom is 0.420 e. The number of alkyl halides is 3. The number of anilines is 1. The van der Waals surface area contributed by atoms with Gasteiger partial charge in [0.25, 0.3) is 5.91 Å². The maximum absolute atomic E-state index is 13.1. The van der Waals surface area contributed by atoms with E-state index in [1.807, 2.05) is 6.92 Å². The predicted molar refractivity (Wildman–Crippen MR) is 86.2 cm³/mol. The molecule has 7 heteroatoms. The third kappa shape index (κ3) is 5.12. The fraction of sp³-hybridized carbons (Fsp3) is 0.588. The van der Waals surface area contributed by atoms with Gasteiger partial charge in [0, 0.05) is 12.3 Å². The Kier molecular flexibility index (Phi) is 7.08. The molecule has 1 aromatic carbocycles. The van der Waals surface area contributed by atoms with Gasteiger partial charge >= 0.3 is 6.18 Å². The second-order valence-corrected chi connectivity index (χ2v) is 5.63. The van der Waals surface area contributed by atoms with E-state index in [1.54, 1.807) is 13.8 Å². The van der Waals surface area contributed by atoms with Gasteiger partial charge in [-0.2, -0.15) is 13.2 Å². The molecular weight excluding hydrogens is 323 g/mol. The van der Waals surface area contributed by atoms with Crippen molar-refractivity contribution in [1.82, 2.24) is 0 Å². The smallest absolute Gasteiger partial charge is 0.420 e. The van der Waals surface area contributed by atoms with E-state index in [4.69, 9.17) is 9.47 Å². The highest BCUT2D eigenvalue weighted by Crippen LogP contribution is 2.38. The van der Waals surface area contributed by atoms with Crippen molar-refractivity contribution in [2.45, 2.75) is 51.8 Å². The molecule has 0 aliphatic heterocycles. The molecule has 0 heterocycles. The maximum atomic E-state index is 13.1. The second-order valence-electron chi connectivity index (χ2n) is 5.63. The summed E-state index contributed by atoms with van der Waals surface area (Å²) in [5, 5.41) is 2.52. The molecule has 0 spiro atoms. The lowest BCUT2D eigenvalue weighted by Crippen LogP contribution is -2.42. The molecule has 0 aliphatic carbocycles. The zero-order valence-corrected chi connectivity index (χ0v) is 14.4. The molecule has 1 amide bonds. The van der Waals surface area contributed by atoms with E-state index < -0.39 is 23.2 Å². The summed E-state index contributed by atoms with van der Waals surface area (Å²) in [5.41, 5.74) is -1.96. The van der Waals surface area contributed by atoms with Gasteiger partial charge in [-0.25, -0.2) is 0 Å². The lowest BCUT2D eigenvalue weighted by atomic mass is 9.97. The van der Waals surface area contributed by atoms with Crippen molar-refractivity contribution in [2.24, 2.45) is 0 Å². The Morgan fingerprint density at radius 3 is 2.42 bits per heavy atom. The minimum atomic E-state index is -4.57. The zero-order valence-electron chi connectivity index (χ0n) is 14.4. The minimum Gasteiger partial charge on any atom is -0.496 e. The molecule has 0 saturated carbocycles. The first-order chi connectivity index (χ1) is 11.2. The first kappa shape index (κ1) is 20.3. The number of rotatable bonds is 8. The van der Waals surface area contributed by atoms with Gasteiger partial charge in [0.1, 0.15) is 11.4 Å². The van der Waals surface area contributed by atoms with Crippen LogP contribution in [0.4, 0.5) is 18.9 Å². The molecule has 0 aliphatic rings. The van der Waals surface area contributed by atoms with E-state index in [2.05, 4.69) is 5.32 Å².